The maximum atomic E-state index is 11.1. The molecule has 0 radical (unpaired) electrons. The summed E-state index contributed by atoms with van der Waals surface area (Å²) in [7, 11) is 1.76. The third-order valence-corrected chi connectivity index (χ3v) is 4.09. The van der Waals surface area contributed by atoms with Gasteiger partial charge in [-0.15, -0.1) is 11.3 Å². The molecule has 1 unspecified atom stereocenters. The van der Waals surface area contributed by atoms with Crippen molar-refractivity contribution in [1.29, 1.82) is 0 Å². The van der Waals surface area contributed by atoms with Gasteiger partial charge in [0.25, 0.3) is 0 Å². The molecule has 2 aromatic rings. The van der Waals surface area contributed by atoms with E-state index in [1.807, 2.05) is 11.4 Å². The van der Waals surface area contributed by atoms with Crippen LogP contribution in [0.3, 0.4) is 0 Å². The van der Waals surface area contributed by atoms with Gasteiger partial charge in [0.2, 0.25) is 0 Å². The fourth-order valence-corrected chi connectivity index (χ4v) is 2.89. The first kappa shape index (κ1) is 13.8. The average Bonchev–Trinajstić information content (AvgIpc) is 3.01. The van der Waals surface area contributed by atoms with E-state index in [2.05, 4.69) is 23.4 Å². The zero-order valence-corrected chi connectivity index (χ0v) is 11.8. The fraction of sp³-hybridized carbons (Fsp3) is 0.385. The van der Waals surface area contributed by atoms with Gasteiger partial charge < -0.3 is 10.4 Å². The molecular weight excluding hydrogens is 262 g/mol. The Morgan fingerprint density at radius 1 is 1.63 bits per heavy atom. The Morgan fingerprint density at radius 3 is 3.00 bits per heavy atom. The van der Waals surface area contributed by atoms with E-state index in [9.17, 15) is 4.79 Å². The van der Waals surface area contributed by atoms with E-state index in [-0.39, 0.29) is 11.6 Å². The summed E-state index contributed by atoms with van der Waals surface area (Å²) in [4.78, 5) is 12.4. The predicted octanol–water partition coefficient (Wildman–Crippen LogP) is 2.42. The summed E-state index contributed by atoms with van der Waals surface area (Å²) < 4.78 is 1.61. The van der Waals surface area contributed by atoms with E-state index in [0.29, 0.717) is 12.2 Å². The number of hydrogen-bond donors (Lipinski definition) is 2. The molecule has 0 aliphatic carbocycles. The maximum Gasteiger partial charge on any atom is 0.339 e. The summed E-state index contributed by atoms with van der Waals surface area (Å²) in [6.07, 6.45) is 2.35. The molecule has 0 aliphatic heterocycles. The number of carboxylic acids is 1. The van der Waals surface area contributed by atoms with Crippen molar-refractivity contribution in [2.45, 2.75) is 25.9 Å². The molecule has 2 aromatic heterocycles. The van der Waals surface area contributed by atoms with Crippen LogP contribution >= 0.6 is 11.3 Å². The molecule has 5 nitrogen and oxygen atoms in total. The quantitative estimate of drug-likeness (QED) is 0.852. The van der Waals surface area contributed by atoms with Crippen molar-refractivity contribution < 1.29 is 9.90 Å². The van der Waals surface area contributed by atoms with Gasteiger partial charge in [-0.3, -0.25) is 4.68 Å². The smallest absolute Gasteiger partial charge is 0.339 e. The van der Waals surface area contributed by atoms with E-state index in [1.165, 1.54) is 11.1 Å². The van der Waals surface area contributed by atoms with Crippen LogP contribution in [0.15, 0.2) is 23.7 Å². The molecule has 0 bridgehead atoms. The average molecular weight is 279 g/mol. The number of hydrogen-bond acceptors (Lipinski definition) is 4. The molecule has 6 heteroatoms. The highest BCUT2D eigenvalue weighted by Gasteiger charge is 2.17. The summed E-state index contributed by atoms with van der Waals surface area (Å²) in [5, 5.41) is 18.6. The Labute approximate surface area is 115 Å². The molecule has 1 atom stereocenters. The number of nitrogens with zero attached hydrogens (tertiary/aromatic N) is 2. The number of nitrogens with one attached hydrogen (secondary N) is 1. The van der Waals surface area contributed by atoms with E-state index >= 15 is 0 Å². The van der Waals surface area contributed by atoms with Crippen molar-refractivity contribution in [1.82, 2.24) is 15.1 Å². The minimum absolute atomic E-state index is 0.247. The SMILES string of the molecule is CCC(NCc1c(C(=O)O)cnn1C)c1cccs1. The fourth-order valence-electron chi connectivity index (χ4n) is 2.01. The van der Waals surface area contributed by atoms with Crippen molar-refractivity contribution in [2.24, 2.45) is 7.05 Å². The number of aromatic nitrogens is 2. The van der Waals surface area contributed by atoms with Crippen LogP contribution in [0, 0.1) is 0 Å². The summed E-state index contributed by atoms with van der Waals surface area (Å²) in [6.45, 7) is 2.60. The topological polar surface area (TPSA) is 67.2 Å². The van der Waals surface area contributed by atoms with Crippen LogP contribution in [0.5, 0.6) is 0 Å². The van der Waals surface area contributed by atoms with Gasteiger partial charge in [-0.25, -0.2) is 4.79 Å². The van der Waals surface area contributed by atoms with Crippen molar-refractivity contribution in [3.05, 3.63) is 39.8 Å². The molecule has 0 fully saturated rings. The van der Waals surface area contributed by atoms with Crippen molar-refractivity contribution in [2.75, 3.05) is 0 Å². The van der Waals surface area contributed by atoms with Gasteiger partial charge in [0, 0.05) is 24.5 Å². The molecule has 2 heterocycles. The van der Waals surface area contributed by atoms with Crippen LogP contribution in [-0.2, 0) is 13.6 Å². The number of thiophene rings is 1. The second-order valence-electron chi connectivity index (χ2n) is 4.29. The largest absolute Gasteiger partial charge is 0.478 e. The Bertz CT molecular complexity index is 548. The van der Waals surface area contributed by atoms with Crippen LogP contribution in [-0.4, -0.2) is 20.9 Å². The third-order valence-electron chi connectivity index (χ3n) is 3.10. The highest BCUT2D eigenvalue weighted by molar-refractivity contribution is 7.10. The van der Waals surface area contributed by atoms with Crippen LogP contribution in [0.25, 0.3) is 0 Å². The molecule has 0 saturated carbocycles. The Hall–Kier alpha value is -1.66. The molecule has 2 N–H and O–H groups in total. The first-order chi connectivity index (χ1) is 9.13. The molecule has 19 heavy (non-hydrogen) atoms. The Morgan fingerprint density at radius 2 is 2.42 bits per heavy atom. The summed E-state index contributed by atoms with van der Waals surface area (Å²) >= 11 is 1.71. The maximum absolute atomic E-state index is 11.1. The van der Waals surface area contributed by atoms with Crippen molar-refractivity contribution in [3.63, 3.8) is 0 Å². The van der Waals surface area contributed by atoms with E-state index in [0.717, 1.165) is 6.42 Å². The number of aromatic carboxylic acids is 1. The number of aryl methyl sites for hydroxylation is 1. The molecule has 102 valence electrons. The standard InChI is InChI=1S/C13H17N3O2S/c1-3-10(12-5-4-6-19-12)14-8-11-9(13(17)18)7-15-16(11)2/h4-7,10,14H,3,8H2,1-2H3,(H,17,18). The van der Waals surface area contributed by atoms with Crippen molar-refractivity contribution >= 4 is 17.3 Å². The lowest BCUT2D eigenvalue weighted by Gasteiger charge is -2.15. The monoisotopic (exact) mass is 279 g/mol. The zero-order chi connectivity index (χ0) is 13.8. The first-order valence-corrected chi connectivity index (χ1v) is 7.02. The Balaban J connectivity index is 2.10. The lowest BCUT2D eigenvalue weighted by molar-refractivity contribution is 0.0695. The molecule has 0 spiro atoms. The van der Waals surface area contributed by atoms with Gasteiger partial charge in [-0.2, -0.15) is 5.10 Å². The van der Waals surface area contributed by atoms with Crippen molar-refractivity contribution in [3.8, 4) is 0 Å². The van der Waals surface area contributed by atoms with Gasteiger partial charge in [0.1, 0.15) is 5.56 Å². The predicted molar refractivity (Wildman–Crippen MR) is 74.4 cm³/mol. The summed E-state index contributed by atoms with van der Waals surface area (Å²) in [5.74, 6) is -0.936. The molecular formula is C13H17N3O2S. The van der Waals surface area contributed by atoms with Gasteiger partial charge in [0.05, 0.1) is 11.9 Å². The number of rotatable bonds is 6. The van der Waals surface area contributed by atoms with Crippen LogP contribution in [0.1, 0.15) is 40.3 Å². The molecule has 0 aromatic carbocycles. The third kappa shape index (κ3) is 3.02. The Kier molecular flexibility index (Phi) is 4.34. The number of carboxylic acid groups (broad SMARTS) is 1. The molecule has 0 saturated heterocycles. The second-order valence-corrected chi connectivity index (χ2v) is 5.27. The van der Waals surface area contributed by atoms with Crippen LogP contribution in [0.2, 0.25) is 0 Å². The van der Waals surface area contributed by atoms with Gasteiger partial charge >= 0.3 is 5.97 Å². The molecule has 2 rings (SSSR count). The highest BCUT2D eigenvalue weighted by Crippen LogP contribution is 2.22. The van der Waals surface area contributed by atoms with E-state index < -0.39 is 5.97 Å². The normalized spacial score (nSPS) is 12.5. The van der Waals surface area contributed by atoms with Crippen LogP contribution < -0.4 is 5.32 Å². The summed E-state index contributed by atoms with van der Waals surface area (Å²) in [6, 6.07) is 4.36. The van der Waals surface area contributed by atoms with Gasteiger partial charge in [-0.1, -0.05) is 13.0 Å². The second kappa shape index (κ2) is 5.99. The zero-order valence-electron chi connectivity index (χ0n) is 11.0. The minimum Gasteiger partial charge on any atom is -0.478 e. The van der Waals surface area contributed by atoms with Crippen LogP contribution in [0.4, 0.5) is 0 Å². The minimum atomic E-state index is -0.936. The van der Waals surface area contributed by atoms with E-state index in [1.54, 1.807) is 23.1 Å². The number of carbonyl (C=O) groups is 1. The molecule has 0 amide bonds. The summed E-state index contributed by atoms with van der Waals surface area (Å²) in [5.41, 5.74) is 0.957. The lowest BCUT2D eigenvalue weighted by atomic mass is 10.1. The van der Waals surface area contributed by atoms with Gasteiger partial charge in [0.15, 0.2) is 0 Å². The van der Waals surface area contributed by atoms with Gasteiger partial charge in [-0.05, 0) is 17.9 Å². The highest BCUT2D eigenvalue weighted by atomic mass is 32.1. The first-order valence-electron chi connectivity index (χ1n) is 6.14. The van der Waals surface area contributed by atoms with E-state index in [4.69, 9.17) is 5.11 Å². The molecule has 0 aliphatic rings. The lowest BCUT2D eigenvalue weighted by Crippen LogP contribution is -2.22.